The van der Waals surface area contributed by atoms with Crippen molar-refractivity contribution in [2.75, 3.05) is 6.61 Å². The number of aromatic nitrogens is 2. The molecule has 2 rings (SSSR count). The summed E-state index contributed by atoms with van der Waals surface area (Å²) in [7, 11) is 0. The van der Waals surface area contributed by atoms with Crippen molar-refractivity contribution in [3.05, 3.63) is 34.3 Å². The lowest BCUT2D eigenvalue weighted by Crippen LogP contribution is -2.03. The second-order valence-electron chi connectivity index (χ2n) is 4.87. The van der Waals surface area contributed by atoms with Gasteiger partial charge in [-0.25, -0.2) is 4.79 Å². The minimum absolute atomic E-state index is 0.197. The summed E-state index contributed by atoms with van der Waals surface area (Å²) >= 11 is 1.07. The van der Waals surface area contributed by atoms with E-state index in [4.69, 9.17) is 9.47 Å². The molecule has 0 bridgehead atoms. The van der Waals surface area contributed by atoms with E-state index >= 15 is 0 Å². The van der Waals surface area contributed by atoms with Gasteiger partial charge in [0.1, 0.15) is 5.75 Å². The fraction of sp³-hybridized carbons (Fsp3) is 0.400. The van der Waals surface area contributed by atoms with E-state index in [0.717, 1.165) is 16.9 Å². The van der Waals surface area contributed by atoms with Crippen LogP contribution < -0.4 is 4.74 Å². The standard InChI is InChI=1S/C15H18N2O3S/c1-5-19-14(18)13-16-17-15(21-13)20-11-6-7-12(9(2)3)10(4)8-11/h6-9H,5H2,1-4H3. The van der Waals surface area contributed by atoms with Gasteiger partial charge in [-0.15, -0.1) is 5.10 Å². The van der Waals surface area contributed by atoms with Crippen LogP contribution >= 0.6 is 11.3 Å². The minimum Gasteiger partial charge on any atom is -0.461 e. The predicted molar refractivity (Wildman–Crippen MR) is 81.2 cm³/mol. The molecule has 2 aromatic rings. The van der Waals surface area contributed by atoms with E-state index in [1.807, 2.05) is 25.1 Å². The molecule has 0 aliphatic rings. The molecule has 0 saturated heterocycles. The molecule has 6 heteroatoms. The number of benzene rings is 1. The lowest BCUT2D eigenvalue weighted by atomic mass is 9.98. The van der Waals surface area contributed by atoms with Crippen molar-refractivity contribution in [3.8, 4) is 10.9 Å². The average Bonchev–Trinajstić information content (AvgIpc) is 2.87. The number of rotatable bonds is 5. The van der Waals surface area contributed by atoms with Crippen LogP contribution in [0.2, 0.25) is 0 Å². The van der Waals surface area contributed by atoms with Gasteiger partial charge in [0.2, 0.25) is 5.01 Å². The van der Waals surface area contributed by atoms with Crippen molar-refractivity contribution in [2.45, 2.75) is 33.6 Å². The van der Waals surface area contributed by atoms with E-state index in [1.165, 1.54) is 5.56 Å². The molecule has 0 atom stereocenters. The maximum atomic E-state index is 11.5. The van der Waals surface area contributed by atoms with Crippen LogP contribution in [0.1, 0.15) is 47.6 Å². The molecule has 1 heterocycles. The zero-order chi connectivity index (χ0) is 15.4. The average molecular weight is 306 g/mol. The molecular formula is C15H18N2O3S. The Kier molecular flexibility index (Phi) is 4.90. The molecule has 0 saturated carbocycles. The number of esters is 1. The predicted octanol–water partition coefficient (Wildman–Crippen LogP) is 3.94. The molecule has 5 nitrogen and oxygen atoms in total. The first kappa shape index (κ1) is 15.4. The summed E-state index contributed by atoms with van der Waals surface area (Å²) in [6.07, 6.45) is 0. The highest BCUT2D eigenvalue weighted by Gasteiger charge is 2.15. The molecule has 0 spiro atoms. The Labute approximate surface area is 127 Å². The van der Waals surface area contributed by atoms with Gasteiger partial charge in [0.25, 0.3) is 5.19 Å². The van der Waals surface area contributed by atoms with Crippen molar-refractivity contribution in [2.24, 2.45) is 0 Å². The monoisotopic (exact) mass is 306 g/mol. The number of nitrogens with zero attached hydrogens (tertiary/aromatic N) is 2. The third-order valence-electron chi connectivity index (χ3n) is 2.92. The Morgan fingerprint density at radius 1 is 1.33 bits per heavy atom. The molecule has 0 fully saturated rings. The van der Waals surface area contributed by atoms with E-state index in [9.17, 15) is 4.79 Å². The van der Waals surface area contributed by atoms with Crippen molar-refractivity contribution in [3.63, 3.8) is 0 Å². The summed E-state index contributed by atoms with van der Waals surface area (Å²) in [5.74, 6) is 0.677. The highest BCUT2D eigenvalue weighted by atomic mass is 32.1. The van der Waals surface area contributed by atoms with Gasteiger partial charge in [0, 0.05) is 0 Å². The number of carbonyl (C=O) groups is 1. The highest BCUT2D eigenvalue weighted by Crippen LogP contribution is 2.28. The zero-order valence-electron chi connectivity index (χ0n) is 12.5. The summed E-state index contributed by atoms with van der Waals surface area (Å²) in [5.41, 5.74) is 2.45. The Morgan fingerprint density at radius 2 is 2.10 bits per heavy atom. The number of ether oxygens (including phenoxy) is 2. The molecule has 0 amide bonds. The third kappa shape index (κ3) is 3.78. The first-order valence-corrected chi connectivity index (χ1v) is 7.62. The SMILES string of the molecule is CCOC(=O)c1nnc(Oc2ccc(C(C)C)c(C)c2)s1. The van der Waals surface area contributed by atoms with Crippen LogP contribution in [0.3, 0.4) is 0 Å². The van der Waals surface area contributed by atoms with E-state index < -0.39 is 5.97 Å². The van der Waals surface area contributed by atoms with E-state index in [2.05, 4.69) is 24.0 Å². The van der Waals surface area contributed by atoms with Crippen LogP contribution in [0.15, 0.2) is 18.2 Å². The number of hydrogen-bond donors (Lipinski definition) is 0. The lowest BCUT2D eigenvalue weighted by molar-refractivity contribution is 0.0525. The molecule has 1 aromatic heterocycles. The van der Waals surface area contributed by atoms with Gasteiger partial charge in [-0.05, 0) is 54.4 Å². The van der Waals surface area contributed by atoms with Gasteiger partial charge in [-0.1, -0.05) is 25.0 Å². The first-order valence-electron chi connectivity index (χ1n) is 6.80. The zero-order valence-corrected chi connectivity index (χ0v) is 13.4. The van der Waals surface area contributed by atoms with Crippen molar-refractivity contribution < 1.29 is 14.3 Å². The molecule has 0 aliphatic heterocycles. The molecule has 1 aromatic carbocycles. The summed E-state index contributed by atoms with van der Waals surface area (Å²) in [6, 6.07) is 5.90. The third-order valence-corrected chi connectivity index (χ3v) is 3.71. The fourth-order valence-corrected chi connectivity index (χ4v) is 2.60. The molecule has 0 radical (unpaired) electrons. The fourth-order valence-electron chi connectivity index (χ4n) is 1.99. The summed E-state index contributed by atoms with van der Waals surface area (Å²) in [4.78, 5) is 11.5. The van der Waals surface area contributed by atoms with Crippen molar-refractivity contribution in [1.29, 1.82) is 0 Å². The van der Waals surface area contributed by atoms with Crippen LogP contribution in [0.25, 0.3) is 0 Å². The van der Waals surface area contributed by atoms with Crippen molar-refractivity contribution in [1.82, 2.24) is 10.2 Å². The Hall–Kier alpha value is -1.95. The van der Waals surface area contributed by atoms with E-state index in [-0.39, 0.29) is 5.01 Å². The Morgan fingerprint density at radius 3 is 2.71 bits per heavy atom. The molecule has 112 valence electrons. The van der Waals surface area contributed by atoms with Crippen LogP contribution in [0, 0.1) is 6.92 Å². The van der Waals surface area contributed by atoms with Gasteiger partial charge in [0.15, 0.2) is 0 Å². The molecular weight excluding hydrogens is 288 g/mol. The van der Waals surface area contributed by atoms with Crippen LogP contribution in [0.5, 0.6) is 10.9 Å². The van der Waals surface area contributed by atoms with Gasteiger partial charge in [-0.2, -0.15) is 0 Å². The molecule has 21 heavy (non-hydrogen) atoms. The quantitative estimate of drug-likeness (QED) is 0.783. The maximum absolute atomic E-state index is 11.5. The molecule has 0 unspecified atom stereocenters. The second-order valence-corrected chi connectivity index (χ2v) is 5.81. The van der Waals surface area contributed by atoms with Gasteiger partial charge >= 0.3 is 5.97 Å². The Balaban J connectivity index is 2.12. The van der Waals surface area contributed by atoms with E-state index in [1.54, 1.807) is 6.92 Å². The first-order chi connectivity index (χ1) is 10.0. The highest BCUT2D eigenvalue weighted by molar-refractivity contribution is 7.14. The largest absolute Gasteiger partial charge is 0.461 e. The van der Waals surface area contributed by atoms with Crippen LogP contribution in [-0.2, 0) is 4.74 Å². The minimum atomic E-state index is -0.476. The van der Waals surface area contributed by atoms with Gasteiger partial charge in [-0.3, -0.25) is 0 Å². The summed E-state index contributed by atoms with van der Waals surface area (Å²) in [5, 5.41) is 8.14. The van der Waals surface area contributed by atoms with Gasteiger partial charge in [0.05, 0.1) is 6.61 Å². The molecule has 0 N–H and O–H groups in total. The Bertz CT molecular complexity index is 638. The topological polar surface area (TPSA) is 61.3 Å². The molecule has 0 aliphatic carbocycles. The maximum Gasteiger partial charge on any atom is 0.369 e. The van der Waals surface area contributed by atoms with Crippen molar-refractivity contribution >= 4 is 17.3 Å². The lowest BCUT2D eigenvalue weighted by Gasteiger charge is -2.10. The summed E-state index contributed by atoms with van der Waals surface area (Å²) in [6.45, 7) is 8.41. The summed E-state index contributed by atoms with van der Waals surface area (Å²) < 4.78 is 10.5. The number of carbonyl (C=O) groups excluding carboxylic acids is 1. The van der Waals surface area contributed by atoms with E-state index in [0.29, 0.717) is 23.5 Å². The van der Waals surface area contributed by atoms with Crippen LogP contribution in [0.4, 0.5) is 0 Å². The number of aryl methyl sites for hydroxylation is 1. The number of hydrogen-bond acceptors (Lipinski definition) is 6. The van der Waals surface area contributed by atoms with Gasteiger partial charge < -0.3 is 9.47 Å². The normalized spacial score (nSPS) is 10.7. The smallest absolute Gasteiger partial charge is 0.369 e. The van der Waals surface area contributed by atoms with Crippen LogP contribution in [-0.4, -0.2) is 22.8 Å². The second kappa shape index (κ2) is 6.67.